The number of hydrogen-bond acceptors (Lipinski definition) is 0. The molecule has 2 aromatic carbocycles. The minimum absolute atomic E-state index is 0. The molecule has 0 nitrogen and oxygen atoms in total. The Kier molecular flexibility index (Phi) is 5.82. The first-order valence-corrected chi connectivity index (χ1v) is 6.84. The molecule has 0 unspecified atom stereocenters. The van der Waals surface area contributed by atoms with Crippen molar-refractivity contribution in [2.45, 2.75) is 3.67 Å². The molecule has 0 fully saturated rings. The molecule has 3 rings (SSSR count). The van der Waals surface area contributed by atoms with E-state index in [9.17, 15) is 0 Å². The summed E-state index contributed by atoms with van der Waals surface area (Å²) in [7, 11) is 0. The first-order chi connectivity index (χ1) is 6.88. The summed E-state index contributed by atoms with van der Waals surface area (Å²) in [5, 5.41) is 0. The zero-order chi connectivity index (χ0) is 9.54. The monoisotopic (exact) mass is 402 g/mol. The molecule has 0 saturated heterocycles. The Morgan fingerprint density at radius 1 is 0.647 bits per heavy atom. The summed E-state index contributed by atoms with van der Waals surface area (Å²) in [6.07, 6.45) is 0. The van der Waals surface area contributed by atoms with Crippen LogP contribution in [0.5, 0.6) is 0 Å². The summed E-state index contributed by atoms with van der Waals surface area (Å²) >= 11 is 1.21. The fourth-order valence-corrected chi connectivity index (χ4v) is 3.96. The third-order valence-corrected chi connectivity index (χ3v) is 5.07. The Hall–Kier alpha value is -0.900. The van der Waals surface area contributed by atoms with Crippen LogP contribution in [0.3, 0.4) is 0 Å². The number of rotatable bonds is 0. The van der Waals surface area contributed by atoms with Crippen molar-refractivity contribution >= 4 is 0 Å². The summed E-state index contributed by atoms with van der Waals surface area (Å²) < 4.78 is 0.697. The molecule has 0 radical (unpaired) electrons. The zero-order valence-electron chi connectivity index (χ0n) is 8.83. The van der Waals surface area contributed by atoms with E-state index in [-0.39, 0.29) is 14.1 Å². The van der Waals surface area contributed by atoms with Gasteiger partial charge in [-0.3, -0.25) is 0 Å². The van der Waals surface area contributed by atoms with E-state index in [4.69, 9.17) is 0 Å². The minimum atomic E-state index is 0. The molecule has 0 amide bonds. The summed E-state index contributed by atoms with van der Waals surface area (Å²) in [5.41, 5.74) is 5.95. The number of benzene rings is 2. The van der Waals surface area contributed by atoms with E-state index in [0.717, 1.165) is 0 Å². The van der Waals surface area contributed by atoms with Crippen LogP contribution in [0.15, 0.2) is 48.5 Å². The molecule has 0 N–H and O–H groups in total. The van der Waals surface area contributed by atoms with Crippen molar-refractivity contribution in [3.63, 3.8) is 0 Å². The molecule has 17 heavy (non-hydrogen) atoms. The third-order valence-electron chi connectivity index (χ3n) is 2.83. The van der Waals surface area contributed by atoms with Gasteiger partial charge in [0, 0.05) is 0 Å². The second-order valence-electron chi connectivity index (χ2n) is 3.61. The number of fused-ring (bicyclic) bond motifs is 3. The molecule has 0 bridgehead atoms. The van der Waals surface area contributed by atoms with Crippen LogP contribution in [-0.2, 0) is 24.4 Å². The van der Waals surface area contributed by atoms with Gasteiger partial charge >= 0.3 is 98.8 Å². The summed E-state index contributed by atoms with van der Waals surface area (Å²) in [4.78, 5) is 0. The molecule has 0 spiro atoms. The van der Waals surface area contributed by atoms with Gasteiger partial charge in [0.15, 0.2) is 0 Å². The van der Waals surface area contributed by atoms with Crippen molar-refractivity contribution in [3.8, 4) is 11.1 Å². The quantitative estimate of drug-likeness (QED) is 0.387. The summed E-state index contributed by atoms with van der Waals surface area (Å²) in [6.45, 7) is 0. The van der Waals surface area contributed by atoms with Crippen LogP contribution in [0.4, 0.5) is 0 Å². The second-order valence-corrected chi connectivity index (χ2v) is 5.68. The van der Waals surface area contributed by atoms with Crippen LogP contribution in [0.1, 0.15) is 14.8 Å². The normalized spacial score (nSPS) is 11.4. The van der Waals surface area contributed by atoms with Crippen LogP contribution in [0, 0.1) is 0 Å². The molecule has 86 valence electrons. The molecule has 2 aromatic rings. The van der Waals surface area contributed by atoms with Crippen LogP contribution in [0.2, 0.25) is 0 Å². The van der Waals surface area contributed by atoms with Gasteiger partial charge in [-0.2, -0.15) is 0 Å². The average molecular weight is 401 g/mol. The van der Waals surface area contributed by atoms with E-state index in [2.05, 4.69) is 48.5 Å². The van der Waals surface area contributed by atoms with Crippen LogP contribution in [-0.4, -0.2) is 0 Å². The average Bonchev–Trinajstić information content (AvgIpc) is 2.55. The molecule has 0 heterocycles. The van der Waals surface area contributed by atoms with Gasteiger partial charge in [0.2, 0.25) is 0 Å². The van der Waals surface area contributed by atoms with Crippen molar-refractivity contribution < 1.29 is 38.5 Å². The molecule has 1 aliphatic carbocycles. The molecule has 0 aliphatic heterocycles. The van der Waals surface area contributed by atoms with E-state index >= 15 is 0 Å². The van der Waals surface area contributed by atoms with Gasteiger partial charge in [-0.1, -0.05) is 0 Å². The maximum absolute atomic E-state index is 2.27. The van der Waals surface area contributed by atoms with Crippen molar-refractivity contribution in [2.24, 2.45) is 0 Å². The molecule has 4 heteroatoms. The summed E-state index contributed by atoms with van der Waals surface area (Å²) in [6, 6.07) is 17.6. The van der Waals surface area contributed by atoms with Crippen LogP contribution >= 0.6 is 0 Å². The topological polar surface area (TPSA) is 0 Å². The van der Waals surface area contributed by atoms with Gasteiger partial charge in [0.1, 0.15) is 0 Å². The fraction of sp³-hybridized carbons (Fsp3) is 0.0769. The SMILES string of the molecule is [F-].[F-].[F-].[Hf+3][CH]1c2ccccc2-c2ccccc21. The Morgan fingerprint density at radius 3 is 1.41 bits per heavy atom. The van der Waals surface area contributed by atoms with Crippen molar-refractivity contribution in [3.05, 3.63) is 59.7 Å². The first-order valence-electron chi connectivity index (χ1n) is 4.77. The van der Waals surface area contributed by atoms with Gasteiger partial charge < -0.3 is 14.1 Å². The molecule has 0 saturated carbocycles. The van der Waals surface area contributed by atoms with Gasteiger partial charge in [0.25, 0.3) is 0 Å². The Bertz CT molecular complexity index is 454. The van der Waals surface area contributed by atoms with E-state index in [1.807, 2.05) is 0 Å². The van der Waals surface area contributed by atoms with Gasteiger partial charge in [-0.15, -0.1) is 0 Å². The summed E-state index contributed by atoms with van der Waals surface area (Å²) in [5.74, 6) is 0. The fourth-order valence-electron chi connectivity index (χ4n) is 2.16. The van der Waals surface area contributed by atoms with E-state index in [1.165, 1.54) is 46.6 Å². The van der Waals surface area contributed by atoms with Gasteiger partial charge in [-0.05, 0) is 0 Å². The zero-order valence-corrected chi connectivity index (χ0v) is 12.4. The molecular formula is C13H9F3Hf. The first kappa shape index (κ1) is 16.1. The predicted molar refractivity (Wildman–Crippen MR) is 53.7 cm³/mol. The van der Waals surface area contributed by atoms with E-state index < -0.39 is 0 Å². The molecule has 1 aliphatic rings. The number of halogens is 3. The van der Waals surface area contributed by atoms with Crippen molar-refractivity contribution in [1.29, 1.82) is 0 Å². The maximum atomic E-state index is 2.27. The second kappa shape index (κ2) is 6.15. The number of hydrogen-bond donors (Lipinski definition) is 0. The standard InChI is InChI=1S/C13H9.3FH.Hf/c1-3-7-12-10(5-1)9-11-6-2-4-8-13(11)12;;;;/h1-9H;3*1H;/q;;;;+3/p-3. The molecular weight excluding hydrogens is 392 g/mol. The van der Waals surface area contributed by atoms with Crippen LogP contribution in [0.25, 0.3) is 11.1 Å². The Balaban J connectivity index is 0.000000853. The van der Waals surface area contributed by atoms with Crippen molar-refractivity contribution in [2.75, 3.05) is 0 Å². The van der Waals surface area contributed by atoms with Gasteiger partial charge in [-0.25, -0.2) is 0 Å². The predicted octanol–water partition coefficient (Wildman–Crippen LogP) is -5.68. The van der Waals surface area contributed by atoms with Crippen molar-refractivity contribution in [1.82, 2.24) is 0 Å². The van der Waals surface area contributed by atoms with Crippen LogP contribution < -0.4 is 14.1 Å². The molecule has 0 aromatic heterocycles. The Labute approximate surface area is 113 Å². The molecule has 0 atom stereocenters. The Morgan fingerprint density at radius 2 is 1.00 bits per heavy atom. The third kappa shape index (κ3) is 2.37. The van der Waals surface area contributed by atoms with Gasteiger partial charge in [0.05, 0.1) is 0 Å². The van der Waals surface area contributed by atoms with E-state index in [0.29, 0.717) is 3.67 Å². The van der Waals surface area contributed by atoms with E-state index in [1.54, 1.807) is 0 Å².